The Hall–Kier alpha value is -2.23. The predicted molar refractivity (Wildman–Crippen MR) is 95.6 cm³/mol. The summed E-state index contributed by atoms with van der Waals surface area (Å²) in [4.78, 5) is 21.6. The maximum atomic E-state index is 12.9. The van der Waals surface area contributed by atoms with Crippen LogP contribution in [0.4, 0.5) is 0 Å². The fourth-order valence-corrected chi connectivity index (χ4v) is 4.50. The Bertz CT molecular complexity index is 798. The van der Waals surface area contributed by atoms with Crippen LogP contribution in [0.1, 0.15) is 29.7 Å². The van der Waals surface area contributed by atoms with Gasteiger partial charge in [-0.05, 0) is 30.5 Å². The van der Waals surface area contributed by atoms with E-state index in [1.807, 2.05) is 34.0 Å². The summed E-state index contributed by atoms with van der Waals surface area (Å²) in [7, 11) is 0. The zero-order valence-corrected chi connectivity index (χ0v) is 14.8. The van der Waals surface area contributed by atoms with Crippen LogP contribution >= 0.6 is 11.3 Å². The molecule has 2 bridgehead atoms. The molecule has 1 aromatic heterocycles. The van der Waals surface area contributed by atoms with Gasteiger partial charge in [0, 0.05) is 31.1 Å². The Kier molecular flexibility index (Phi) is 4.51. The number of nitrogens with zero attached hydrogens (tertiary/aromatic N) is 4. The topological polar surface area (TPSA) is 60.2 Å². The molecular formula is C19H20N4OS. The first kappa shape index (κ1) is 16.2. The summed E-state index contributed by atoms with van der Waals surface area (Å²) in [6.45, 7) is 3.12. The number of benzene rings is 1. The van der Waals surface area contributed by atoms with Gasteiger partial charge in [-0.15, -0.1) is 11.3 Å². The van der Waals surface area contributed by atoms with E-state index in [4.69, 9.17) is 5.26 Å². The van der Waals surface area contributed by atoms with Crippen molar-refractivity contribution in [2.24, 2.45) is 5.92 Å². The smallest absolute Gasteiger partial charge is 0.227 e. The number of carbonyl (C=O) groups is 1. The van der Waals surface area contributed by atoms with Gasteiger partial charge in [0.25, 0.3) is 0 Å². The zero-order chi connectivity index (χ0) is 17.2. The van der Waals surface area contributed by atoms with Crippen molar-refractivity contribution < 1.29 is 4.79 Å². The number of amides is 1. The van der Waals surface area contributed by atoms with Crippen LogP contribution in [0.3, 0.4) is 0 Å². The molecule has 0 unspecified atom stereocenters. The molecule has 3 saturated heterocycles. The molecule has 0 radical (unpaired) electrons. The molecule has 0 N–H and O–H groups in total. The average molecular weight is 352 g/mol. The van der Waals surface area contributed by atoms with Crippen LogP contribution < -0.4 is 0 Å². The lowest BCUT2D eigenvalue weighted by molar-refractivity contribution is -0.140. The average Bonchev–Trinajstić information content (AvgIpc) is 3.01. The van der Waals surface area contributed by atoms with Crippen molar-refractivity contribution in [2.45, 2.75) is 32.0 Å². The highest BCUT2D eigenvalue weighted by Gasteiger charge is 2.40. The Morgan fingerprint density at radius 2 is 2.20 bits per heavy atom. The molecule has 1 aromatic carbocycles. The van der Waals surface area contributed by atoms with Crippen molar-refractivity contribution in [3.8, 4) is 6.07 Å². The lowest BCUT2D eigenvalue weighted by atomic mass is 9.94. The lowest BCUT2D eigenvalue weighted by Crippen LogP contribution is -2.47. The third kappa shape index (κ3) is 3.44. The van der Waals surface area contributed by atoms with E-state index < -0.39 is 0 Å². The minimum Gasteiger partial charge on any atom is -0.332 e. The second-order valence-corrected chi connectivity index (χ2v) is 7.60. The predicted octanol–water partition coefficient (Wildman–Crippen LogP) is 2.64. The van der Waals surface area contributed by atoms with Gasteiger partial charge in [0.2, 0.25) is 5.91 Å². The highest BCUT2D eigenvalue weighted by molar-refractivity contribution is 7.07. The second kappa shape index (κ2) is 6.95. The van der Waals surface area contributed by atoms with Crippen molar-refractivity contribution in [2.75, 3.05) is 13.1 Å². The highest BCUT2D eigenvalue weighted by Crippen LogP contribution is 2.31. The van der Waals surface area contributed by atoms with Crippen molar-refractivity contribution in [1.82, 2.24) is 14.8 Å². The molecule has 1 amide bonds. The summed E-state index contributed by atoms with van der Waals surface area (Å²) in [5, 5.41) is 11.1. The van der Waals surface area contributed by atoms with Gasteiger partial charge in [0.1, 0.15) is 0 Å². The molecule has 0 aliphatic carbocycles. The van der Waals surface area contributed by atoms with Gasteiger partial charge >= 0.3 is 0 Å². The Labute approximate surface area is 151 Å². The minimum absolute atomic E-state index is 0.0801. The molecule has 3 fully saturated rings. The number of thiazole rings is 1. The summed E-state index contributed by atoms with van der Waals surface area (Å²) >= 11 is 1.57. The molecule has 25 heavy (non-hydrogen) atoms. The van der Waals surface area contributed by atoms with Crippen LogP contribution in [0.15, 0.2) is 35.2 Å². The van der Waals surface area contributed by atoms with E-state index in [0.717, 1.165) is 43.7 Å². The normalized spacial score (nSPS) is 23.5. The molecule has 5 rings (SSSR count). The maximum Gasteiger partial charge on any atom is 0.227 e. The molecule has 3 aliphatic heterocycles. The SMILES string of the molecule is N#Cc1cccc(CN2C[C@@H]3CC[C@H](C2)N(Cc2cscn2)C3=O)c1. The minimum atomic E-state index is 0.0801. The van der Waals surface area contributed by atoms with Crippen LogP contribution in [0.5, 0.6) is 0 Å². The number of hydrogen-bond acceptors (Lipinski definition) is 5. The van der Waals surface area contributed by atoms with E-state index in [2.05, 4.69) is 22.0 Å². The van der Waals surface area contributed by atoms with Gasteiger partial charge in [-0.1, -0.05) is 12.1 Å². The Morgan fingerprint density at radius 3 is 3.00 bits per heavy atom. The number of aromatic nitrogens is 1. The zero-order valence-electron chi connectivity index (χ0n) is 14.0. The van der Waals surface area contributed by atoms with Gasteiger partial charge in [-0.3, -0.25) is 9.69 Å². The Morgan fingerprint density at radius 1 is 1.28 bits per heavy atom. The summed E-state index contributed by atoms with van der Waals surface area (Å²) < 4.78 is 0. The quantitative estimate of drug-likeness (QED) is 0.849. The highest BCUT2D eigenvalue weighted by atomic mass is 32.1. The number of piperidine rings is 1. The molecule has 0 spiro atoms. The third-order valence-corrected chi connectivity index (χ3v) is 5.78. The maximum absolute atomic E-state index is 12.9. The van der Waals surface area contributed by atoms with Gasteiger partial charge in [0.05, 0.1) is 35.3 Å². The molecule has 5 nitrogen and oxygen atoms in total. The first-order valence-corrected chi connectivity index (χ1v) is 9.56. The fraction of sp³-hybridized carbons (Fsp3) is 0.421. The largest absolute Gasteiger partial charge is 0.332 e. The van der Waals surface area contributed by atoms with Crippen molar-refractivity contribution in [3.63, 3.8) is 0 Å². The van der Waals surface area contributed by atoms with Gasteiger partial charge in [0.15, 0.2) is 0 Å². The third-order valence-electron chi connectivity index (χ3n) is 5.15. The number of fused-ring (bicyclic) bond motifs is 4. The standard InChI is InChI=1S/C19H20N4OS/c20-7-14-2-1-3-15(6-14)8-22-9-16-4-5-18(11-22)23(19(16)24)10-17-12-25-13-21-17/h1-3,6,12-13,16,18H,4-5,8-11H2/t16-,18+/m0/s1. The van der Waals surface area contributed by atoms with Crippen LogP contribution in [0, 0.1) is 17.2 Å². The van der Waals surface area contributed by atoms with Gasteiger partial charge in [-0.2, -0.15) is 5.26 Å². The molecule has 3 aliphatic rings. The first-order chi connectivity index (χ1) is 12.2. The van der Waals surface area contributed by atoms with E-state index in [1.54, 1.807) is 11.3 Å². The van der Waals surface area contributed by atoms with Crippen LogP contribution in [-0.4, -0.2) is 39.8 Å². The monoisotopic (exact) mass is 352 g/mol. The van der Waals surface area contributed by atoms with Crippen LogP contribution in [-0.2, 0) is 17.9 Å². The molecule has 6 heteroatoms. The van der Waals surface area contributed by atoms with Crippen LogP contribution in [0.2, 0.25) is 0 Å². The second-order valence-electron chi connectivity index (χ2n) is 6.88. The van der Waals surface area contributed by atoms with E-state index in [1.165, 1.54) is 0 Å². The van der Waals surface area contributed by atoms with E-state index in [0.29, 0.717) is 12.1 Å². The molecule has 4 heterocycles. The Balaban J connectivity index is 1.50. The van der Waals surface area contributed by atoms with Crippen molar-refractivity contribution in [1.29, 1.82) is 5.26 Å². The van der Waals surface area contributed by atoms with Crippen molar-refractivity contribution >= 4 is 17.2 Å². The van der Waals surface area contributed by atoms with Crippen molar-refractivity contribution in [3.05, 3.63) is 52.0 Å². The summed E-state index contributed by atoms with van der Waals surface area (Å²) in [6, 6.07) is 10.2. The number of nitriles is 1. The number of carbonyl (C=O) groups excluding carboxylic acids is 1. The van der Waals surface area contributed by atoms with E-state index >= 15 is 0 Å². The summed E-state index contributed by atoms with van der Waals surface area (Å²) in [5.41, 5.74) is 4.64. The molecule has 2 aromatic rings. The van der Waals surface area contributed by atoms with E-state index in [-0.39, 0.29) is 17.9 Å². The number of hydrogen-bond donors (Lipinski definition) is 0. The first-order valence-electron chi connectivity index (χ1n) is 8.62. The van der Waals surface area contributed by atoms with Gasteiger partial charge < -0.3 is 4.90 Å². The van der Waals surface area contributed by atoms with Gasteiger partial charge in [-0.25, -0.2) is 4.98 Å². The summed E-state index contributed by atoms with van der Waals surface area (Å²) in [5.74, 6) is 0.356. The molecule has 128 valence electrons. The van der Waals surface area contributed by atoms with E-state index in [9.17, 15) is 4.79 Å². The molecule has 0 saturated carbocycles. The molecule has 2 atom stereocenters. The lowest BCUT2D eigenvalue weighted by Gasteiger charge is -2.35. The molecular weight excluding hydrogens is 332 g/mol. The summed E-state index contributed by atoms with van der Waals surface area (Å²) in [6.07, 6.45) is 2.04. The van der Waals surface area contributed by atoms with Crippen LogP contribution in [0.25, 0.3) is 0 Å². The number of rotatable bonds is 4. The fourth-order valence-electron chi connectivity index (χ4n) is 3.95.